The van der Waals surface area contributed by atoms with Gasteiger partial charge in [-0.3, -0.25) is 4.79 Å². The molecule has 0 aliphatic heterocycles. The molecule has 0 radical (unpaired) electrons. The summed E-state index contributed by atoms with van der Waals surface area (Å²) in [6, 6.07) is 4.07. The lowest BCUT2D eigenvalue weighted by molar-refractivity contribution is 0.0368. The Labute approximate surface area is 112 Å². The maximum atomic E-state index is 13.2. The van der Waals surface area contributed by atoms with Crippen LogP contribution in [0.4, 0.5) is 10.1 Å². The molecule has 0 aliphatic rings. The number of aliphatic hydroxyl groups is 1. The summed E-state index contributed by atoms with van der Waals surface area (Å²) in [5.74, 6) is -0.797. The van der Waals surface area contributed by atoms with Gasteiger partial charge >= 0.3 is 0 Å². The highest BCUT2D eigenvalue weighted by atomic mass is 19.1. The van der Waals surface area contributed by atoms with Gasteiger partial charge in [-0.1, -0.05) is 19.9 Å². The van der Waals surface area contributed by atoms with Crippen LogP contribution in [0, 0.1) is 11.7 Å². The summed E-state index contributed by atoms with van der Waals surface area (Å²) in [5, 5.41) is 12.7. The summed E-state index contributed by atoms with van der Waals surface area (Å²) in [7, 11) is 0. The Balaban J connectivity index is 2.68. The second-order valence-corrected chi connectivity index (χ2v) is 5.48. The monoisotopic (exact) mass is 268 g/mol. The molecule has 0 heterocycles. The number of para-hydroxylation sites is 1. The zero-order valence-corrected chi connectivity index (χ0v) is 11.5. The van der Waals surface area contributed by atoms with Crippen LogP contribution < -0.4 is 11.1 Å². The van der Waals surface area contributed by atoms with Crippen molar-refractivity contribution >= 4 is 11.6 Å². The maximum absolute atomic E-state index is 13.2. The predicted molar refractivity (Wildman–Crippen MR) is 73.2 cm³/mol. The van der Waals surface area contributed by atoms with E-state index in [-0.39, 0.29) is 17.8 Å². The number of benzene rings is 1. The van der Waals surface area contributed by atoms with E-state index < -0.39 is 17.3 Å². The van der Waals surface area contributed by atoms with Crippen LogP contribution in [-0.4, -0.2) is 23.2 Å². The molecule has 1 unspecified atom stereocenters. The van der Waals surface area contributed by atoms with Crippen LogP contribution in [0.25, 0.3) is 0 Å². The number of hydrogen-bond acceptors (Lipinski definition) is 3. The molecule has 1 aromatic rings. The van der Waals surface area contributed by atoms with Gasteiger partial charge < -0.3 is 16.2 Å². The number of nitrogen functional groups attached to an aromatic ring is 1. The van der Waals surface area contributed by atoms with E-state index in [9.17, 15) is 14.3 Å². The van der Waals surface area contributed by atoms with Crippen molar-refractivity contribution in [2.75, 3.05) is 12.3 Å². The molecule has 0 saturated carbocycles. The first kappa shape index (κ1) is 15.4. The van der Waals surface area contributed by atoms with Crippen LogP contribution in [0.5, 0.6) is 0 Å². The minimum absolute atomic E-state index is 0.0837. The molecule has 0 aromatic heterocycles. The van der Waals surface area contributed by atoms with E-state index >= 15 is 0 Å². The lowest BCUT2D eigenvalue weighted by Crippen LogP contribution is -2.41. The van der Waals surface area contributed by atoms with Gasteiger partial charge in [0, 0.05) is 6.54 Å². The van der Waals surface area contributed by atoms with Gasteiger partial charge in [-0.25, -0.2) is 4.39 Å². The van der Waals surface area contributed by atoms with Gasteiger partial charge in [0.2, 0.25) is 0 Å². The summed E-state index contributed by atoms with van der Waals surface area (Å²) in [6.07, 6.45) is 0.561. The lowest BCUT2D eigenvalue weighted by atomic mass is 9.94. The SMILES string of the molecule is CC(C)CC(C)(O)CNC(=O)c1cccc(F)c1N. The number of carbonyl (C=O) groups is 1. The van der Waals surface area contributed by atoms with Crippen LogP contribution >= 0.6 is 0 Å². The highest BCUT2D eigenvalue weighted by Crippen LogP contribution is 2.17. The molecule has 1 rings (SSSR count). The third kappa shape index (κ3) is 4.52. The van der Waals surface area contributed by atoms with Crippen LogP contribution in [0.2, 0.25) is 0 Å². The fraction of sp³-hybridized carbons (Fsp3) is 0.500. The van der Waals surface area contributed by atoms with Gasteiger partial charge in [0.1, 0.15) is 5.82 Å². The standard InChI is InChI=1S/C14H21FN2O2/c1-9(2)7-14(3,19)8-17-13(18)10-5-4-6-11(15)12(10)16/h4-6,9,19H,7-8,16H2,1-3H3,(H,17,18). The molecule has 4 nitrogen and oxygen atoms in total. The van der Waals surface area contributed by atoms with E-state index in [2.05, 4.69) is 5.32 Å². The number of amides is 1. The van der Waals surface area contributed by atoms with Crippen molar-refractivity contribution in [1.29, 1.82) is 0 Å². The molecule has 0 spiro atoms. The van der Waals surface area contributed by atoms with Gasteiger partial charge in [0.25, 0.3) is 5.91 Å². The molecule has 106 valence electrons. The quantitative estimate of drug-likeness (QED) is 0.714. The van der Waals surface area contributed by atoms with Crippen molar-refractivity contribution in [3.63, 3.8) is 0 Å². The summed E-state index contributed by atoms with van der Waals surface area (Å²) < 4.78 is 13.2. The minimum atomic E-state index is -0.994. The molecule has 0 saturated heterocycles. The number of nitrogens with two attached hydrogens (primary N) is 1. The van der Waals surface area contributed by atoms with Gasteiger partial charge in [-0.2, -0.15) is 0 Å². The Morgan fingerprint density at radius 2 is 2.16 bits per heavy atom. The first-order valence-corrected chi connectivity index (χ1v) is 6.27. The maximum Gasteiger partial charge on any atom is 0.253 e. The molecule has 0 aliphatic carbocycles. The largest absolute Gasteiger partial charge is 0.396 e. The van der Waals surface area contributed by atoms with Crippen LogP contribution in [-0.2, 0) is 0 Å². The number of halogens is 1. The smallest absolute Gasteiger partial charge is 0.253 e. The predicted octanol–water partition coefficient (Wildman–Crippen LogP) is 1.93. The van der Waals surface area contributed by atoms with Gasteiger partial charge in [0.15, 0.2) is 0 Å². The Bertz CT molecular complexity index is 459. The highest BCUT2D eigenvalue weighted by Gasteiger charge is 2.23. The topological polar surface area (TPSA) is 75.3 Å². The van der Waals surface area contributed by atoms with Crippen molar-refractivity contribution in [3.8, 4) is 0 Å². The first-order chi connectivity index (χ1) is 8.73. The highest BCUT2D eigenvalue weighted by molar-refractivity contribution is 5.99. The summed E-state index contributed by atoms with van der Waals surface area (Å²) in [5.41, 5.74) is 4.42. The number of rotatable bonds is 5. The summed E-state index contributed by atoms with van der Waals surface area (Å²) >= 11 is 0. The van der Waals surface area contributed by atoms with Crippen molar-refractivity contribution < 1.29 is 14.3 Å². The first-order valence-electron chi connectivity index (χ1n) is 6.27. The van der Waals surface area contributed by atoms with Crippen LogP contribution in [0.15, 0.2) is 18.2 Å². The van der Waals surface area contributed by atoms with E-state index in [0.29, 0.717) is 12.3 Å². The fourth-order valence-corrected chi connectivity index (χ4v) is 2.05. The van der Waals surface area contributed by atoms with E-state index in [1.807, 2.05) is 13.8 Å². The second kappa shape index (κ2) is 6.02. The Kier molecular flexibility index (Phi) is 4.89. The molecular formula is C14H21FN2O2. The molecule has 0 bridgehead atoms. The van der Waals surface area contributed by atoms with E-state index in [1.165, 1.54) is 18.2 Å². The van der Waals surface area contributed by atoms with Crippen molar-refractivity contribution in [2.24, 2.45) is 5.92 Å². The molecule has 0 fully saturated rings. The third-order valence-electron chi connectivity index (χ3n) is 2.78. The molecule has 1 aromatic carbocycles. The van der Waals surface area contributed by atoms with E-state index in [4.69, 9.17) is 5.73 Å². The summed E-state index contributed by atoms with van der Waals surface area (Å²) in [6.45, 7) is 5.73. The lowest BCUT2D eigenvalue weighted by Gasteiger charge is -2.25. The normalized spacial score (nSPS) is 14.2. The van der Waals surface area contributed by atoms with Gasteiger partial charge in [-0.05, 0) is 31.4 Å². The average Bonchev–Trinajstić information content (AvgIpc) is 2.28. The average molecular weight is 268 g/mol. The fourth-order valence-electron chi connectivity index (χ4n) is 2.05. The number of nitrogens with one attached hydrogen (secondary N) is 1. The number of carbonyl (C=O) groups excluding carboxylic acids is 1. The minimum Gasteiger partial charge on any atom is -0.396 e. The van der Waals surface area contributed by atoms with Crippen molar-refractivity contribution in [1.82, 2.24) is 5.32 Å². The molecular weight excluding hydrogens is 247 g/mol. The van der Waals surface area contributed by atoms with Crippen LogP contribution in [0.1, 0.15) is 37.6 Å². The van der Waals surface area contributed by atoms with Crippen molar-refractivity contribution in [3.05, 3.63) is 29.6 Å². The Hall–Kier alpha value is -1.62. The zero-order chi connectivity index (χ0) is 14.6. The third-order valence-corrected chi connectivity index (χ3v) is 2.78. The van der Waals surface area contributed by atoms with Crippen LogP contribution in [0.3, 0.4) is 0 Å². The number of anilines is 1. The van der Waals surface area contributed by atoms with E-state index in [0.717, 1.165) is 0 Å². The molecule has 19 heavy (non-hydrogen) atoms. The molecule has 5 heteroatoms. The van der Waals surface area contributed by atoms with Gasteiger partial charge in [-0.15, -0.1) is 0 Å². The number of hydrogen-bond donors (Lipinski definition) is 3. The Morgan fingerprint density at radius 1 is 1.53 bits per heavy atom. The van der Waals surface area contributed by atoms with Gasteiger partial charge in [0.05, 0.1) is 16.9 Å². The molecule has 1 atom stereocenters. The molecule has 4 N–H and O–H groups in total. The zero-order valence-electron chi connectivity index (χ0n) is 11.5. The van der Waals surface area contributed by atoms with E-state index in [1.54, 1.807) is 6.92 Å². The second-order valence-electron chi connectivity index (χ2n) is 5.48. The Morgan fingerprint density at radius 3 is 2.74 bits per heavy atom. The summed E-state index contributed by atoms with van der Waals surface area (Å²) in [4.78, 5) is 11.9. The molecule has 1 amide bonds. The van der Waals surface area contributed by atoms with Crippen molar-refractivity contribution in [2.45, 2.75) is 32.8 Å².